The number of hydrogen-bond donors (Lipinski definition) is 1. The van der Waals surface area contributed by atoms with Crippen molar-refractivity contribution in [3.63, 3.8) is 0 Å². The van der Waals surface area contributed by atoms with E-state index in [9.17, 15) is 18.0 Å². The van der Waals surface area contributed by atoms with Crippen LogP contribution in [0.2, 0.25) is 0 Å². The molecule has 0 saturated carbocycles. The second-order valence-electron chi connectivity index (χ2n) is 7.04. The van der Waals surface area contributed by atoms with Crippen molar-refractivity contribution in [1.82, 2.24) is 10.2 Å². The number of halogens is 3. The molecule has 2 aromatic carbocycles. The Morgan fingerprint density at radius 1 is 1.07 bits per heavy atom. The van der Waals surface area contributed by atoms with Crippen LogP contribution in [0.15, 0.2) is 48.5 Å². The first-order valence-corrected chi connectivity index (χ1v) is 9.10. The van der Waals surface area contributed by atoms with E-state index in [0.717, 1.165) is 37.2 Å². The molecule has 0 bridgehead atoms. The van der Waals surface area contributed by atoms with Crippen molar-refractivity contribution < 1.29 is 18.0 Å². The Morgan fingerprint density at radius 2 is 1.74 bits per heavy atom. The molecule has 1 heterocycles. The van der Waals surface area contributed by atoms with Gasteiger partial charge in [0.15, 0.2) is 0 Å². The molecular weight excluding hydrogens is 353 g/mol. The molecule has 2 aromatic rings. The Bertz CT molecular complexity index is 747. The molecule has 1 saturated heterocycles. The van der Waals surface area contributed by atoms with E-state index < -0.39 is 6.43 Å². The lowest BCUT2D eigenvalue weighted by molar-refractivity contribution is -0.120. The molecule has 27 heavy (non-hydrogen) atoms. The molecule has 1 atom stereocenters. The Labute approximate surface area is 157 Å². The van der Waals surface area contributed by atoms with Gasteiger partial charge in [-0.15, -0.1) is 0 Å². The highest BCUT2D eigenvalue weighted by Crippen LogP contribution is 2.21. The van der Waals surface area contributed by atoms with Crippen LogP contribution in [0.4, 0.5) is 13.2 Å². The van der Waals surface area contributed by atoms with E-state index in [1.165, 1.54) is 24.3 Å². The number of benzene rings is 2. The van der Waals surface area contributed by atoms with E-state index >= 15 is 0 Å². The molecule has 1 unspecified atom stereocenters. The van der Waals surface area contributed by atoms with Gasteiger partial charge in [0.1, 0.15) is 5.82 Å². The zero-order valence-corrected chi connectivity index (χ0v) is 15.0. The number of carbonyl (C=O) groups is 1. The molecule has 0 spiro atoms. The Hall–Kier alpha value is -2.34. The molecule has 1 aliphatic heterocycles. The van der Waals surface area contributed by atoms with Gasteiger partial charge in [-0.05, 0) is 42.1 Å². The van der Waals surface area contributed by atoms with Gasteiger partial charge in [-0.1, -0.05) is 36.4 Å². The molecule has 144 valence electrons. The van der Waals surface area contributed by atoms with Gasteiger partial charge in [-0.25, -0.2) is 13.2 Å². The standard InChI is InChI=1S/C21H23F3N2O/c22-19-7-3-15(4-8-19)11-20(27)25-12-17-9-10-26(14-17)13-16-1-5-18(6-2-16)21(23)24/h1-8,17,21H,9-14H2,(H,25,27). The minimum atomic E-state index is -2.44. The highest BCUT2D eigenvalue weighted by atomic mass is 19.3. The summed E-state index contributed by atoms with van der Waals surface area (Å²) in [7, 11) is 0. The van der Waals surface area contributed by atoms with Gasteiger partial charge < -0.3 is 5.32 Å². The third-order valence-corrected chi connectivity index (χ3v) is 4.87. The van der Waals surface area contributed by atoms with Gasteiger partial charge in [0.2, 0.25) is 5.91 Å². The number of carbonyl (C=O) groups excluding carboxylic acids is 1. The summed E-state index contributed by atoms with van der Waals surface area (Å²) >= 11 is 0. The van der Waals surface area contributed by atoms with Crippen molar-refractivity contribution in [3.8, 4) is 0 Å². The van der Waals surface area contributed by atoms with Crippen molar-refractivity contribution in [1.29, 1.82) is 0 Å². The van der Waals surface area contributed by atoms with Crippen molar-refractivity contribution in [2.75, 3.05) is 19.6 Å². The maximum Gasteiger partial charge on any atom is 0.263 e. The lowest BCUT2D eigenvalue weighted by atomic mass is 10.1. The second-order valence-corrected chi connectivity index (χ2v) is 7.04. The fourth-order valence-corrected chi connectivity index (χ4v) is 3.36. The van der Waals surface area contributed by atoms with E-state index in [1.54, 1.807) is 24.3 Å². The summed E-state index contributed by atoms with van der Waals surface area (Å²) in [6.45, 7) is 3.13. The van der Waals surface area contributed by atoms with Crippen LogP contribution in [0.25, 0.3) is 0 Å². The maximum atomic E-state index is 12.9. The Morgan fingerprint density at radius 3 is 2.41 bits per heavy atom. The molecule has 0 radical (unpaired) electrons. The third-order valence-electron chi connectivity index (χ3n) is 4.87. The molecule has 1 aliphatic rings. The summed E-state index contributed by atoms with van der Waals surface area (Å²) in [6, 6.07) is 12.4. The van der Waals surface area contributed by atoms with Gasteiger partial charge in [0.25, 0.3) is 6.43 Å². The van der Waals surface area contributed by atoms with Gasteiger partial charge in [-0.3, -0.25) is 9.69 Å². The highest BCUT2D eigenvalue weighted by molar-refractivity contribution is 5.78. The monoisotopic (exact) mass is 376 g/mol. The first-order chi connectivity index (χ1) is 13.0. The average Bonchev–Trinajstić information content (AvgIpc) is 3.10. The molecular formula is C21H23F3N2O. The quantitative estimate of drug-likeness (QED) is 0.794. The van der Waals surface area contributed by atoms with E-state index in [2.05, 4.69) is 10.2 Å². The summed E-state index contributed by atoms with van der Waals surface area (Å²) in [5.74, 6) is -0.000739. The molecule has 1 fully saturated rings. The highest BCUT2D eigenvalue weighted by Gasteiger charge is 2.23. The predicted octanol–water partition coefficient (Wildman–Crippen LogP) is 3.94. The second kappa shape index (κ2) is 9.04. The SMILES string of the molecule is O=C(Cc1ccc(F)cc1)NCC1CCN(Cc2ccc(C(F)F)cc2)C1. The topological polar surface area (TPSA) is 32.3 Å². The van der Waals surface area contributed by atoms with Crippen molar-refractivity contribution in [2.24, 2.45) is 5.92 Å². The zero-order valence-electron chi connectivity index (χ0n) is 15.0. The van der Waals surface area contributed by atoms with Crippen LogP contribution in [0.3, 0.4) is 0 Å². The summed E-state index contributed by atoms with van der Waals surface area (Å²) in [5.41, 5.74) is 1.84. The van der Waals surface area contributed by atoms with Crippen LogP contribution in [-0.4, -0.2) is 30.4 Å². The minimum absolute atomic E-state index is 0.0434. The number of nitrogens with zero attached hydrogens (tertiary/aromatic N) is 1. The number of nitrogens with one attached hydrogen (secondary N) is 1. The zero-order chi connectivity index (χ0) is 19.2. The van der Waals surface area contributed by atoms with E-state index in [1.807, 2.05) is 0 Å². The Balaban J connectivity index is 1.40. The largest absolute Gasteiger partial charge is 0.355 e. The predicted molar refractivity (Wildman–Crippen MR) is 97.9 cm³/mol. The van der Waals surface area contributed by atoms with Crippen molar-refractivity contribution >= 4 is 5.91 Å². The fraction of sp³-hybridized carbons (Fsp3) is 0.381. The van der Waals surface area contributed by atoms with Gasteiger partial charge in [-0.2, -0.15) is 0 Å². The van der Waals surface area contributed by atoms with Crippen molar-refractivity contribution in [3.05, 3.63) is 71.0 Å². The van der Waals surface area contributed by atoms with Gasteiger partial charge in [0.05, 0.1) is 6.42 Å². The van der Waals surface area contributed by atoms with E-state index in [4.69, 9.17) is 0 Å². The van der Waals surface area contributed by atoms with Gasteiger partial charge in [0, 0.05) is 25.2 Å². The number of alkyl halides is 2. The van der Waals surface area contributed by atoms with E-state index in [-0.39, 0.29) is 23.7 Å². The number of rotatable bonds is 7. The minimum Gasteiger partial charge on any atom is -0.355 e. The molecule has 6 heteroatoms. The summed E-state index contributed by atoms with van der Waals surface area (Å²) < 4.78 is 38.1. The van der Waals surface area contributed by atoms with Crippen LogP contribution >= 0.6 is 0 Å². The molecule has 0 aromatic heterocycles. The summed E-state index contributed by atoms with van der Waals surface area (Å²) in [4.78, 5) is 14.3. The normalized spacial score (nSPS) is 17.4. The van der Waals surface area contributed by atoms with Crippen LogP contribution in [-0.2, 0) is 17.8 Å². The summed E-state index contributed by atoms with van der Waals surface area (Å²) in [5, 5.41) is 2.95. The van der Waals surface area contributed by atoms with Crippen molar-refractivity contribution in [2.45, 2.75) is 25.8 Å². The van der Waals surface area contributed by atoms with Crippen LogP contribution in [0.1, 0.15) is 29.5 Å². The first-order valence-electron chi connectivity index (χ1n) is 9.10. The summed E-state index contributed by atoms with van der Waals surface area (Å²) in [6.07, 6.45) is -1.20. The third kappa shape index (κ3) is 5.82. The number of likely N-dealkylation sites (tertiary alicyclic amines) is 1. The maximum absolute atomic E-state index is 12.9. The molecule has 1 N–H and O–H groups in total. The molecule has 1 amide bonds. The number of amides is 1. The van der Waals surface area contributed by atoms with E-state index in [0.29, 0.717) is 12.5 Å². The van der Waals surface area contributed by atoms with Crippen LogP contribution in [0.5, 0.6) is 0 Å². The molecule has 0 aliphatic carbocycles. The lowest BCUT2D eigenvalue weighted by Gasteiger charge is -2.17. The average molecular weight is 376 g/mol. The van der Waals surface area contributed by atoms with Crippen LogP contribution < -0.4 is 5.32 Å². The smallest absolute Gasteiger partial charge is 0.263 e. The molecule has 3 rings (SSSR count). The fourth-order valence-electron chi connectivity index (χ4n) is 3.36. The lowest BCUT2D eigenvalue weighted by Crippen LogP contribution is -2.31. The van der Waals surface area contributed by atoms with Gasteiger partial charge >= 0.3 is 0 Å². The Kier molecular flexibility index (Phi) is 6.50. The molecule has 3 nitrogen and oxygen atoms in total. The first kappa shape index (κ1) is 19.4. The number of hydrogen-bond acceptors (Lipinski definition) is 2. The van der Waals surface area contributed by atoms with Crippen LogP contribution in [0, 0.1) is 11.7 Å².